The highest BCUT2D eigenvalue weighted by atomic mass is 15.0. The molecule has 0 bridgehead atoms. The number of aromatic amines is 1. The van der Waals surface area contributed by atoms with E-state index in [4.69, 9.17) is 0 Å². The highest BCUT2D eigenvalue weighted by Crippen LogP contribution is 2.28. The molecule has 1 aromatic rings. The highest BCUT2D eigenvalue weighted by molar-refractivity contribution is 5.16. The van der Waals surface area contributed by atoms with Gasteiger partial charge in [0.25, 0.3) is 0 Å². The Morgan fingerprint density at radius 3 is 3.00 bits per heavy atom. The molecule has 2 heteroatoms. The smallest absolute Gasteiger partial charge is 0.0558 e. The summed E-state index contributed by atoms with van der Waals surface area (Å²) in [5.41, 5.74) is 1.53. The van der Waals surface area contributed by atoms with Crippen molar-refractivity contribution < 1.29 is 0 Å². The molecule has 0 spiro atoms. The van der Waals surface area contributed by atoms with Gasteiger partial charge in [-0.3, -0.25) is 0 Å². The van der Waals surface area contributed by atoms with Crippen molar-refractivity contribution in [2.45, 2.75) is 25.3 Å². The van der Waals surface area contributed by atoms with E-state index in [0.717, 1.165) is 6.54 Å². The number of H-pyrrole nitrogens is 1. The molecule has 11 heavy (non-hydrogen) atoms. The molecule has 60 valence electrons. The monoisotopic (exact) mass is 150 g/mol. The minimum Gasteiger partial charge on any atom is -0.363 e. The molecule has 0 saturated carbocycles. The van der Waals surface area contributed by atoms with E-state index in [1.54, 1.807) is 0 Å². The largest absolute Gasteiger partial charge is 0.363 e. The fourth-order valence-corrected chi connectivity index (χ4v) is 1.80. The van der Waals surface area contributed by atoms with Gasteiger partial charge in [0.1, 0.15) is 0 Å². The molecule has 2 heterocycles. The highest BCUT2D eigenvalue weighted by Gasteiger charge is 2.30. The Morgan fingerprint density at radius 2 is 2.45 bits per heavy atom. The second kappa shape index (κ2) is 2.38. The Hall–Kier alpha value is -0.760. The van der Waals surface area contributed by atoms with Gasteiger partial charge in [-0.15, -0.1) is 0 Å². The van der Waals surface area contributed by atoms with Crippen molar-refractivity contribution in [3.8, 4) is 0 Å². The van der Waals surface area contributed by atoms with Gasteiger partial charge in [0.2, 0.25) is 0 Å². The third-order valence-electron chi connectivity index (χ3n) is 2.56. The predicted molar refractivity (Wildman–Crippen MR) is 45.4 cm³/mol. The molecular weight excluding hydrogens is 136 g/mol. The van der Waals surface area contributed by atoms with Crippen LogP contribution in [-0.2, 0) is 5.54 Å². The van der Waals surface area contributed by atoms with Crippen LogP contribution < -0.4 is 5.32 Å². The Balaban J connectivity index is 2.27. The number of nitrogens with one attached hydrogen (secondary N) is 2. The maximum absolute atomic E-state index is 3.50. The first-order valence-electron chi connectivity index (χ1n) is 4.20. The summed E-state index contributed by atoms with van der Waals surface area (Å²) in [6.07, 6.45) is 4.52. The molecule has 0 radical (unpaired) electrons. The molecule has 1 unspecified atom stereocenters. The minimum absolute atomic E-state index is 0.212. The van der Waals surface area contributed by atoms with E-state index in [1.807, 2.05) is 6.20 Å². The summed E-state index contributed by atoms with van der Waals surface area (Å²) in [4.78, 5) is 3.26. The first-order chi connectivity index (χ1) is 5.31. The van der Waals surface area contributed by atoms with E-state index >= 15 is 0 Å². The zero-order valence-corrected chi connectivity index (χ0v) is 6.85. The number of hydrogen-bond acceptors (Lipinski definition) is 1. The molecule has 1 fully saturated rings. The van der Waals surface area contributed by atoms with Gasteiger partial charge < -0.3 is 10.3 Å². The second-order valence-corrected chi connectivity index (χ2v) is 3.45. The lowest BCUT2D eigenvalue weighted by Gasteiger charge is -2.22. The van der Waals surface area contributed by atoms with Crippen molar-refractivity contribution >= 4 is 0 Å². The van der Waals surface area contributed by atoms with Crippen LogP contribution in [-0.4, -0.2) is 11.5 Å². The number of hydrogen-bond donors (Lipinski definition) is 2. The maximum atomic E-state index is 3.50. The van der Waals surface area contributed by atoms with Gasteiger partial charge in [-0.25, -0.2) is 0 Å². The molecule has 1 atom stereocenters. The van der Waals surface area contributed by atoms with Crippen LogP contribution in [0.25, 0.3) is 0 Å². The van der Waals surface area contributed by atoms with Crippen LogP contribution in [0.1, 0.15) is 25.5 Å². The molecule has 0 amide bonds. The quantitative estimate of drug-likeness (QED) is 0.625. The molecule has 0 aliphatic carbocycles. The van der Waals surface area contributed by atoms with Gasteiger partial charge in [0.05, 0.1) is 5.54 Å². The summed E-state index contributed by atoms with van der Waals surface area (Å²) in [5.74, 6) is 0. The lowest BCUT2D eigenvalue weighted by Crippen LogP contribution is -2.33. The van der Waals surface area contributed by atoms with E-state index in [-0.39, 0.29) is 5.54 Å². The summed E-state index contributed by atoms with van der Waals surface area (Å²) in [6.45, 7) is 3.40. The van der Waals surface area contributed by atoms with Gasteiger partial charge in [-0.1, -0.05) is 0 Å². The molecule has 1 aliphatic rings. The van der Waals surface area contributed by atoms with Crippen LogP contribution in [0.15, 0.2) is 18.3 Å². The van der Waals surface area contributed by atoms with Gasteiger partial charge in [-0.2, -0.15) is 0 Å². The van der Waals surface area contributed by atoms with Crippen LogP contribution in [0.2, 0.25) is 0 Å². The van der Waals surface area contributed by atoms with E-state index < -0.39 is 0 Å². The lowest BCUT2D eigenvalue weighted by molar-refractivity contribution is 0.423. The lowest BCUT2D eigenvalue weighted by atomic mass is 9.96. The SMILES string of the molecule is CC1(c2ccc[nH]2)CCCN1. The van der Waals surface area contributed by atoms with Gasteiger partial charge in [-0.05, 0) is 38.4 Å². The summed E-state index contributed by atoms with van der Waals surface area (Å²) in [5, 5.41) is 3.50. The normalized spacial score (nSPS) is 31.0. The molecule has 0 aromatic carbocycles. The molecule has 1 aliphatic heterocycles. The first-order valence-corrected chi connectivity index (χ1v) is 4.20. The van der Waals surface area contributed by atoms with Crippen molar-refractivity contribution in [3.05, 3.63) is 24.0 Å². The summed E-state index contributed by atoms with van der Waals surface area (Å²) < 4.78 is 0. The molecule has 2 N–H and O–H groups in total. The summed E-state index contributed by atoms with van der Waals surface area (Å²) >= 11 is 0. The maximum Gasteiger partial charge on any atom is 0.0558 e. The van der Waals surface area contributed by atoms with Crippen LogP contribution in [0.3, 0.4) is 0 Å². The van der Waals surface area contributed by atoms with E-state index in [0.29, 0.717) is 0 Å². The Labute approximate surface area is 67.0 Å². The minimum atomic E-state index is 0.212. The van der Waals surface area contributed by atoms with E-state index in [1.165, 1.54) is 18.5 Å². The average Bonchev–Trinajstić information content (AvgIpc) is 2.55. The van der Waals surface area contributed by atoms with Crippen molar-refractivity contribution in [1.82, 2.24) is 10.3 Å². The molecule has 2 rings (SSSR count). The Morgan fingerprint density at radius 1 is 1.55 bits per heavy atom. The molecule has 1 aromatic heterocycles. The van der Waals surface area contributed by atoms with Gasteiger partial charge in [0.15, 0.2) is 0 Å². The fourth-order valence-electron chi connectivity index (χ4n) is 1.80. The van der Waals surface area contributed by atoms with Crippen molar-refractivity contribution in [2.24, 2.45) is 0 Å². The zero-order valence-electron chi connectivity index (χ0n) is 6.85. The number of aromatic nitrogens is 1. The third kappa shape index (κ3) is 1.07. The molecule has 1 saturated heterocycles. The number of rotatable bonds is 1. The Kier molecular flexibility index (Phi) is 1.50. The van der Waals surface area contributed by atoms with Crippen LogP contribution in [0, 0.1) is 0 Å². The van der Waals surface area contributed by atoms with Gasteiger partial charge >= 0.3 is 0 Å². The van der Waals surface area contributed by atoms with Crippen LogP contribution >= 0.6 is 0 Å². The van der Waals surface area contributed by atoms with Gasteiger partial charge in [0, 0.05) is 11.9 Å². The zero-order chi connectivity index (χ0) is 7.73. The molecule has 2 nitrogen and oxygen atoms in total. The average molecular weight is 150 g/mol. The fraction of sp³-hybridized carbons (Fsp3) is 0.556. The second-order valence-electron chi connectivity index (χ2n) is 3.45. The van der Waals surface area contributed by atoms with Crippen molar-refractivity contribution in [3.63, 3.8) is 0 Å². The summed E-state index contributed by atoms with van der Waals surface area (Å²) in [7, 11) is 0. The predicted octanol–water partition coefficient (Wildman–Crippen LogP) is 1.61. The van der Waals surface area contributed by atoms with Crippen molar-refractivity contribution in [2.75, 3.05) is 6.54 Å². The molecular formula is C9H14N2. The topological polar surface area (TPSA) is 27.8 Å². The van der Waals surface area contributed by atoms with E-state index in [9.17, 15) is 0 Å². The van der Waals surface area contributed by atoms with Crippen LogP contribution in [0.4, 0.5) is 0 Å². The third-order valence-corrected chi connectivity index (χ3v) is 2.56. The van der Waals surface area contributed by atoms with Crippen molar-refractivity contribution in [1.29, 1.82) is 0 Å². The Bertz CT molecular complexity index is 220. The van der Waals surface area contributed by atoms with Crippen LogP contribution in [0.5, 0.6) is 0 Å². The standard InChI is InChI=1S/C9H14N2/c1-9(5-3-7-11-9)8-4-2-6-10-8/h2,4,6,10-11H,3,5,7H2,1H3. The summed E-state index contributed by atoms with van der Waals surface area (Å²) in [6, 6.07) is 4.21. The first kappa shape index (κ1) is 6.92. The van der Waals surface area contributed by atoms with E-state index in [2.05, 4.69) is 29.4 Å².